The molecule has 0 saturated heterocycles. The first-order valence-corrected chi connectivity index (χ1v) is 6.66. The summed E-state index contributed by atoms with van der Waals surface area (Å²) in [7, 11) is 0. The summed E-state index contributed by atoms with van der Waals surface area (Å²) >= 11 is 0. The molecule has 0 fully saturated rings. The molecule has 0 aliphatic heterocycles. The fourth-order valence-electron chi connectivity index (χ4n) is 1.73. The molecule has 1 heterocycles. The van der Waals surface area contributed by atoms with E-state index in [0.717, 1.165) is 5.56 Å². The molecule has 0 spiro atoms. The third-order valence-corrected chi connectivity index (χ3v) is 3.10. The van der Waals surface area contributed by atoms with Crippen LogP contribution in [-0.4, -0.2) is 28.4 Å². The summed E-state index contributed by atoms with van der Waals surface area (Å²) in [4.78, 5) is 18.1. The summed E-state index contributed by atoms with van der Waals surface area (Å²) in [6.45, 7) is 6.61. The summed E-state index contributed by atoms with van der Waals surface area (Å²) in [6.07, 6.45) is 3.70. The second-order valence-electron chi connectivity index (χ2n) is 5.87. The molecule has 5 heteroatoms. The van der Waals surface area contributed by atoms with Crippen LogP contribution in [0.3, 0.4) is 0 Å². The maximum atomic E-state index is 12.5. The number of pyridine rings is 1. The van der Waals surface area contributed by atoms with Gasteiger partial charge < -0.3 is 10.6 Å². The number of carbonyl (C=O) groups is 1. The number of rotatable bonds is 5. The molecular weight excluding hydrogens is 252 g/mol. The van der Waals surface area contributed by atoms with E-state index in [1.807, 2.05) is 32.9 Å². The molecule has 0 radical (unpaired) electrons. The third kappa shape index (κ3) is 4.63. The Labute approximate surface area is 120 Å². The normalized spacial score (nSPS) is 12.6. The number of nitrogens with two attached hydrogens (primary N) is 1. The Bertz CT molecular complexity index is 473. The molecule has 0 unspecified atom stereocenters. The molecule has 1 aromatic rings. The van der Waals surface area contributed by atoms with Crippen LogP contribution in [-0.2, 0) is 11.3 Å². The number of hydrogen-bond donors (Lipinski definition) is 1. The van der Waals surface area contributed by atoms with Gasteiger partial charge in [0.1, 0.15) is 0 Å². The first-order valence-electron chi connectivity index (χ1n) is 6.66. The molecule has 20 heavy (non-hydrogen) atoms. The lowest BCUT2D eigenvalue weighted by molar-refractivity contribution is -0.135. The maximum absolute atomic E-state index is 12.5. The Kier molecular flexibility index (Phi) is 5.66. The van der Waals surface area contributed by atoms with Crippen LogP contribution in [0.15, 0.2) is 24.5 Å². The smallest absolute Gasteiger partial charge is 0.240 e. The average Bonchev–Trinajstić information content (AvgIpc) is 2.42. The van der Waals surface area contributed by atoms with Gasteiger partial charge in [-0.25, -0.2) is 0 Å². The van der Waals surface area contributed by atoms with E-state index < -0.39 is 6.04 Å². The molecule has 1 rings (SSSR count). The van der Waals surface area contributed by atoms with E-state index in [4.69, 9.17) is 11.0 Å². The molecular formula is C15H22N4O. The molecule has 0 aliphatic carbocycles. The Morgan fingerprint density at radius 1 is 1.55 bits per heavy atom. The van der Waals surface area contributed by atoms with Crippen LogP contribution in [0, 0.1) is 16.7 Å². The van der Waals surface area contributed by atoms with Gasteiger partial charge in [-0.2, -0.15) is 5.26 Å². The average molecular weight is 274 g/mol. The van der Waals surface area contributed by atoms with E-state index in [9.17, 15) is 4.79 Å². The van der Waals surface area contributed by atoms with Crippen molar-refractivity contribution in [3.05, 3.63) is 30.1 Å². The molecule has 2 N–H and O–H groups in total. The van der Waals surface area contributed by atoms with Crippen molar-refractivity contribution >= 4 is 5.91 Å². The molecule has 0 bridgehead atoms. The van der Waals surface area contributed by atoms with Gasteiger partial charge in [0.15, 0.2) is 0 Å². The van der Waals surface area contributed by atoms with Gasteiger partial charge in [-0.15, -0.1) is 0 Å². The van der Waals surface area contributed by atoms with E-state index >= 15 is 0 Å². The molecule has 1 amide bonds. The lowest BCUT2D eigenvalue weighted by Crippen LogP contribution is -2.50. The van der Waals surface area contributed by atoms with Gasteiger partial charge in [-0.3, -0.25) is 9.78 Å². The number of hydrogen-bond acceptors (Lipinski definition) is 4. The van der Waals surface area contributed by atoms with Crippen molar-refractivity contribution in [2.75, 3.05) is 6.54 Å². The molecule has 0 saturated carbocycles. The van der Waals surface area contributed by atoms with Crippen molar-refractivity contribution in [1.29, 1.82) is 5.26 Å². The monoisotopic (exact) mass is 274 g/mol. The molecule has 108 valence electrons. The van der Waals surface area contributed by atoms with Crippen molar-refractivity contribution < 1.29 is 4.79 Å². The van der Waals surface area contributed by atoms with Crippen LogP contribution >= 0.6 is 0 Å². The van der Waals surface area contributed by atoms with E-state index in [-0.39, 0.29) is 11.3 Å². The topological polar surface area (TPSA) is 83.0 Å². The van der Waals surface area contributed by atoms with Gasteiger partial charge >= 0.3 is 0 Å². The summed E-state index contributed by atoms with van der Waals surface area (Å²) in [5, 5.41) is 8.73. The predicted octanol–water partition coefficient (Wildman–Crippen LogP) is 1.70. The highest BCUT2D eigenvalue weighted by atomic mass is 16.2. The Morgan fingerprint density at radius 2 is 2.25 bits per heavy atom. The highest BCUT2D eigenvalue weighted by Crippen LogP contribution is 2.20. The lowest BCUT2D eigenvalue weighted by Gasteiger charge is -2.31. The molecule has 1 aromatic heterocycles. The van der Waals surface area contributed by atoms with E-state index in [1.54, 1.807) is 17.3 Å². The van der Waals surface area contributed by atoms with Gasteiger partial charge in [0, 0.05) is 25.5 Å². The fourth-order valence-corrected chi connectivity index (χ4v) is 1.73. The number of amides is 1. The standard InChI is InChI=1S/C15H22N4O/c1-15(2,3)13(17)14(20)19(9-5-7-16)11-12-6-4-8-18-10-12/h4,6,8,10,13H,5,9,11,17H2,1-3H3/t13-/m1/s1. The molecule has 1 atom stereocenters. The lowest BCUT2D eigenvalue weighted by atomic mass is 9.86. The maximum Gasteiger partial charge on any atom is 0.240 e. The van der Waals surface area contributed by atoms with Crippen molar-refractivity contribution in [1.82, 2.24) is 9.88 Å². The van der Waals surface area contributed by atoms with Gasteiger partial charge in [0.25, 0.3) is 0 Å². The summed E-state index contributed by atoms with van der Waals surface area (Å²) in [5.41, 5.74) is 6.65. The first kappa shape index (κ1) is 16.1. The second kappa shape index (κ2) is 7.01. The van der Waals surface area contributed by atoms with E-state index in [1.165, 1.54) is 0 Å². The van der Waals surface area contributed by atoms with Crippen LogP contribution in [0.5, 0.6) is 0 Å². The zero-order chi connectivity index (χ0) is 15.2. The van der Waals surface area contributed by atoms with E-state index in [0.29, 0.717) is 19.5 Å². The molecule has 5 nitrogen and oxygen atoms in total. The zero-order valence-electron chi connectivity index (χ0n) is 12.3. The number of carbonyl (C=O) groups excluding carboxylic acids is 1. The fraction of sp³-hybridized carbons (Fsp3) is 0.533. The van der Waals surface area contributed by atoms with Crippen molar-refractivity contribution in [3.8, 4) is 6.07 Å². The number of nitrogens with zero attached hydrogens (tertiary/aromatic N) is 3. The molecule has 0 aliphatic rings. The Hall–Kier alpha value is -1.93. The van der Waals surface area contributed by atoms with Crippen LogP contribution < -0.4 is 5.73 Å². The molecule has 0 aromatic carbocycles. The Balaban J connectivity index is 2.84. The summed E-state index contributed by atoms with van der Waals surface area (Å²) < 4.78 is 0. The van der Waals surface area contributed by atoms with Gasteiger partial charge in [-0.1, -0.05) is 26.8 Å². The van der Waals surface area contributed by atoms with Crippen LogP contribution in [0.25, 0.3) is 0 Å². The highest BCUT2D eigenvalue weighted by Gasteiger charge is 2.30. The number of nitriles is 1. The zero-order valence-corrected chi connectivity index (χ0v) is 12.3. The quantitative estimate of drug-likeness (QED) is 0.885. The van der Waals surface area contributed by atoms with Crippen LogP contribution in [0.4, 0.5) is 0 Å². The minimum Gasteiger partial charge on any atom is -0.336 e. The van der Waals surface area contributed by atoms with Crippen LogP contribution in [0.2, 0.25) is 0 Å². The van der Waals surface area contributed by atoms with Crippen molar-refractivity contribution in [3.63, 3.8) is 0 Å². The highest BCUT2D eigenvalue weighted by molar-refractivity contribution is 5.82. The number of aromatic nitrogens is 1. The summed E-state index contributed by atoms with van der Waals surface area (Å²) in [6, 6.07) is 5.21. The van der Waals surface area contributed by atoms with Gasteiger partial charge in [-0.05, 0) is 17.0 Å². The van der Waals surface area contributed by atoms with Gasteiger partial charge in [0.05, 0.1) is 18.5 Å². The van der Waals surface area contributed by atoms with Crippen LogP contribution in [0.1, 0.15) is 32.8 Å². The largest absolute Gasteiger partial charge is 0.336 e. The SMILES string of the molecule is CC(C)(C)[C@H](N)C(=O)N(CCC#N)Cc1cccnc1. The predicted molar refractivity (Wildman–Crippen MR) is 77.3 cm³/mol. The minimum absolute atomic E-state index is 0.128. The van der Waals surface area contributed by atoms with Crippen molar-refractivity contribution in [2.24, 2.45) is 11.1 Å². The van der Waals surface area contributed by atoms with Gasteiger partial charge in [0.2, 0.25) is 5.91 Å². The van der Waals surface area contributed by atoms with E-state index in [2.05, 4.69) is 11.1 Å². The van der Waals surface area contributed by atoms with Crippen molar-refractivity contribution in [2.45, 2.75) is 39.8 Å². The minimum atomic E-state index is -0.585. The Morgan fingerprint density at radius 3 is 2.75 bits per heavy atom. The third-order valence-electron chi connectivity index (χ3n) is 3.10. The first-order chi connectivity index (χ1) is 9.36. The second-order valence-corrected chi connectivity index (χ2v) is 5.87. The summed E-state index contributed by atoms with van der Waals surface area (Å²) in [5.74, 6) is -0.128.